The fourth-order valence-corrected chi connectivity index (χ4v) is 5.45. The lowest BCUT2D eigenvalue weighted by Gasteiger charge is -2.15. The lowest BCUT2D eigenvalue weighted by atomic mass is 10.1. The molecule has 0 fully saturated rings. The van der Waals surface area contributed by atoms with E-state index in [2.05, 4.69) is 15.5 Å². The van der Waals surface area contributed by atoms with Crippen LogP contribution in [0.5, 0.6) is 5.75 Å². The van der Waals surface area contributed by atoms with Crippen molar-refractivity contribution in [3.8, 4) is 5.75 Å². The topological polar surface area (TPSA) is 116 Å². The standard InChI is InChI=1S/C25H31N5O5S2/c1-13-9-10-17(11-14(13)2)35-16(4)21-27-28-25(30(21)7)36-12-18(31)26-22-19(24(33)34-8)15(3)20(37-22)23(32)29(5)6/h9-11,16H,12H2,1-8H3,(H,26,31). The maximum absolute atomic E-state index is 12.8. The third-order valence-electron chi connectivity index (χ3n) is 5.75. The lowest BCUT2D eigenvalue weighted by Crippen LogP contribution is -2.21. The zero-order valence-electron chi connectivity index (χ0n) is 22.2. The number of aromatic nitrogens is 3. The monoisotopic (exact) mass is 545 g/mol. The second-order valence-corrected chi connectivity index (χ2v) is 10.7. The summed E-state index contributed by atoms with van der Waals surface area (Å²) in [4.78, 5) is 39.4. The molecule has 12 heteroatoms. The Morgan fingerprint density at radius 1 is 1.16 bits per heavy atom. The second kappa shape index (κ2) is 11.8. The van der Waals surface area contributed by atoms with Crippen molar-refractivity contribution in [2.45, 2.75) is 39.0 Å². The molecule has 0 bridgehead atoms. The Morgan fingerprint density at radius 3 is 2.49 bits per heavy atom. The number of hydrogen-bond acceptors (Lipinski definition) is 9. The number of carbonyl (C=O) groups excluding carboxylic acids is 3. The van der Waals surface area contributed by atoms with Crippen molar-refractivity contribution in [1.29, 1.82) is 0 Å². The summed E-state index contributed by atoms with van der Waals surface area (Å²) in [5.74, 6) is 0.148. The highest BCUT2D eigenvalue weighted by atomic mass is 32.2. The molecule has 1 unspecified atom stereocenters. The first-order valence-electron chi connectivity index (χ1n) is 11.4. The average molecular weight is 546 g/mol. The van der Waals surface area contributed by atoms with Gasteiger partial charge in [0.15, 0.2) is 17.1 Å². The van der Waals surface area contributed by atoms with E-state index in [0.29, 0.717) is 21.4 Å². The number of amides is 2. The Balaban J connectivity index is 1.69. The highest BCUT2D eigenvalue weighted by Crippen LogP contribution is 2.34. The summed E-state index contributed by atoms with van der Waals surface area (Å²) in [6.07, 6.45) is -0.354. The van der Waals surface area contributed by atoms with Gasteiger partial charge in [-0.25, -0.2) is 4.79 Å². The largest absolute Gasteiger partial charge is 0.483 e. The van der Waals surface area contributed by atoms with Gasteiger partial charge >= 0.3 is 5.97 Å². The maximum atomic E-state index is 12.8. The van der Waals surface area contributed by atoms with E-state index in [4.69, 9.17) is 9.47 Å². The first kappa shape index (κ1) is 28.2. The number of esters is 1. The number of rotatable bonds is 9. The molecule has 2 heterocycles. The highest BCUT2D eigenvalue weighted by molar-refractivity contribution is 7.99. The number of anilines is 1. The van der Waals surface area contributed by atoms with Crippen molar-refractivity contribution < 1.29 is 23.9 Å². The van der Waals surface area contributed by atoms with E-state index >= 15 is 0 Å². The van der Waals surface area contributed by atoms with Crippen molar-refractivity contribution in [2.24, 2.45) is 7.05 Å². The van der Waals surface area contributed by atoms with Crippen molar-refractivity contribution >= 4 is 45.9 Å². The van der Waals surface area contributed by atoms with E-state index in [1.165, 1.54) is 29.3 Å². The van der Waals surface area contributed by atoms with Gasteiger partial charge in [-0.05, 0) is 56.5 Å². The number of thiophene rings is 1. The number of aryl methyl sites for hydroxylation is 2. The van der Waals surface area contributed by atoms with Gasteiger partial charge in [0, 0.05) is 21.1 Å². The minimum Gasteiger partial charge on any atom is -0.483 e. The SMILES string of the molecule is COC(=O)c1c(NC(=O)CSc2nnc(C(C)Oc3ccc(C)c(C)c3)n2C)sc(C(=O)N(C)C)c1C. The van der Waals surface area contributed by atoms with Crippen LogP contribution < -0.4 is 10.1 Å². The van der Waals surface area contributed by atoms with Gasteiger partial charge in [0.1, 0.15) is 10.8 Å². The molecule has 0 aliphatic heterocycles. The Kier molecular flexibility index (Phi) is 8.98. The molecule has 0 radical (unpaired) electrons. The zero-order chi connectivity index (χ0) is 27.4. The van der Waals surface area contributed by atoms with Crippen LogP contribution in [0, 0.1) is 20.8 Å². The number of nitrogens with one attached hydrogen (secondary N) is 1. The number of thioether (sulfide) groups is 1. The second-order valence-electron chi connectivity index (χ2n) is 8.69. The Bertz CT molecular complexity index is 1330. The Hall–Kier alpha value is -3.38. The van der Waals surface area contributed by atoms with E-state index < -0.39 is 5.97 Å². The average Bonchev–Trinajstić information content (AvgIpc) is 3.38. The summed E-state index contributed by atoms with van der Waals surface area (Å²) >= 11 is 2.25. The van der Waals surface area contributed by atoms with Crippen molar-refractivity contribution in [2.75, 3.05) is 32.3 Å². The molecule has 1 N–H and O–H groups in total. The first-order valence-corrected chi connectivity index (χ1v) is 13.2. The molecule has 0 aliphatic rings. The number of nitrogens with zero attached hydrogens (tertiary/aromatic N) is 4. The number of carbonyl (C=O) groups is 3. The molecule has 0 saturated heterocycles. The minimum atomic E-state index is -0.620. The normalized spacial score (nSPS) is 11.7. The smallest absolute Gasteiger partial charge is 0.341 e. The van der Waals surface area contributed by atoms with Crippen molar-refractivity contribution in [3.63, 3.8) is 0 Å². The van der Waals surface area contributed by atoms with E-state index in [1.807, 2.05) is 46.0 Å². The summed E-state index contributed by atoms with van der Waals surface area (Å²) < 4.78 is 12.7. The molecular formula is C25H31N5O5S2. The third kappa shape index (κ3) is 6.31. The molecule has 2 amide bonds. The molecule has 198 valence electrons. The molecule has 3 aromatic rings. The van der Waals surface area contributed by atoms with Gasteiger partial charge in [-0.1, -0.05) is 17.8 Å². The first-order chi connectivity index (χ1) is 17.4. The van der Waals surface area contributed by atoms with E-state index in [0.717, 1.165) is 22.6 Å². The van der Waals surface area contributed by atoms with Crippen LogP contribution in [0.25, 0.3) is 0 Å². The summed E-state index contributed by atoms with van der Waals surface area (Å²) in [6, 6.07) is 5.91. The molecule has 0 saturated carbocycles. The fourth-order valence-electron chi connectivity index (χ4n) is 3.50. The summed E-state index contributed by atoms with van der Waals surface area (Å²) in [5, 5.41) is 12.0. The number of ether oxygens (including phenoxy) is 2. The van der Waals surface area contributed by atoms with Crippen LogP contribution in [0.2, 0.25) is 0 Å². The van der Waals surface area contributed by atoms with E-state index in [9.17, 15) is 14.4 Å². The van der Waals surface area contributed by atoms with Gasteiger partial charge < -0.3 is 24.3 Å². The number of hydrogen-bond donors (Lipinski definition) is 1. The van der Waals surface area contributed by atoms with E-state index in [1.54, 1.807) is 25.6 Å². The number of methoxy groups -OCH3 is 1. The summed E-state index contributed by atoms with van der Waals surface area (Å²) in [6.45, 7) is 7.62. The van der Waals surface area contributed by atoms with Gasteiger partial charge in [-0.2, -0.15) is 0 Å². The van der Waals surface area contributed by atoms with Gasteiger partial charge in [0.05, 0.1) is 23.3 Å². The summed E-state index contributed by atoms with van der Waals surface area (Å²) in [5.41, 5.74) is 2.97. The van der Waals surface area contributed by atoms with E-state index in [-0.39, 0.29) is 34.2 Å². The van der Waals surface area contributed by atoms with Crippen LogP contribution in [0.3, 0.4) is 0 Å². The molecule has 10 nitrogen and oxygen atoms in total. The van der Waals surface area contributed by atoms with Gasteiger partial charge in [-0.3, -0.25) is 9.59 Å². The van der Waals surface area contributed by atoms with Gasteiger partial charge in [-0.15, -0.1) is 21.5 Å². The molecule has 1 aromatic carbocycles. The predicted octanol–water partition coefficient (Wildman–Crippen LogP) is 4.16. The zero-order valence-corrected chi connectivity index (χ0v) is 23.8. The third-order valence-corrected chi connectivity index (χ3v) is 7.96. The highest BCUT2D eigenvalue weighted by Gasteiger charge is 2.27. The van der Waals surface area contributed by atoms with Gasteiger partial charge in [0.2, 0.25) is 5.91 Å². The molecule has 0 spiro atoms. The van der Waals surface area contributed by atoms with Crippen LogP contribution in [0.1, 0.15) is 55.6 Å². The van der Waals surface area contributed by atoms with Crippen molar-refractivity contribution in [3.05, 3.63) is 51.2 Å². The van der Waals surface area contributed by atoms with Crippen LogP contribution in [-0.2, 0) is 16.6 Å². The molecule has 0 aliphatic carbocycles. The molecular weight excluding hydrogens is 514 g/mol. The predicted molar refractivity (Wildman–Crippen MR) is 144 cm³/mol. The van der Waals surface area contributed by atoms with Crippen LogP contribution >= 0.6 is 23.1 Å². The quantitative estimate of drug-likeness (QED) is 0.315. The summed E-state index contributed by atoms with van der Waals surface area (Å²) in [7, 11) is 6.31. The molecule has 2 aromatic heterocycles. The fraction of sp³-hybridized carbons (Fsp3) is 0.400. The van der Waals surface area contributed by atoms with Gasteiger partial charge in [0.25, 0.3) is 5.91 Å². The lowest BCUT2D eigenvalue weighted by molar-refractivity contribution is -0.113. The maximum Gasteiger partial charge on any atom is 0.341 e. The number of benzene rings is 1. The van der Waals surface area contributed by atoms with Crippen LogP contribution in [-0.4, -0.2) is 64.4 Å². The van der Waals surface area contributed by atoms with Crippen LogP contribution in [0.4, 0.5) is 5.00 Å². The van der Waals surface area contributed by atoms with Crippen LogP contribution in [0.15, 0.2) is 23.4 Å². The Labute approximate surface area is 224 Å². The minimum absolute atomic E-state index is 0.0207. The Morgan fingerprint density at radius 2 is 1.86 bits per heavy atom. The molecule has 3 rings (SSSR count). The van der Waals surface area contributed by atoms with Crippen molar-refractivity contribution in [1.82, 2.24) is 19.7 Å². The molecule has 37 heavy (non-hydrogen) atoms. The molecule has 1 atom stereocenters.